The van der Waals surface area contributed by atoms with E-state index in [1.165, 1.54) is 11.1 Å². The number of para-hydroxylation sites is 1. The van der Waals surface area contributed by atoms with Crippen molar-refractivity contribution in [2.24, 2.45) is 0 Å². The zero-order chi connectivity index (χ0) is 18.6. The molecular weight excluding hydrogens is 338 g/mol. The Balaban J connectivity index is 1.34. The van der Waals surface area contributed by atoms with Crippen LogP contribution in [0.5, 0.6) is 0 Å². The van der Waals surface area contributed by atoms with Gasteiger partial charge in [-0.15, -0.1) is 0 Å². The summed E-state index contributed by atoms with van der Waals surface area (Å²) in [6, 6.07) is 15.8. The van der Waals surface area contributed by atoms with Crippen LogP contribution >= 0.6 is 0 Å². The second kappa shape index (κ2) is 7.74. The number of hydrogen-bond acceptors (Lipinski definition) is 3. The van der Waals surface area contributed by atoms with Crippen LogP contribution in [-0.4, -0.2) is 33.9 Å². The van der Waals surface area contributed by atoms with Crippen LogP contribution in [0.3, 0.4) is 0 Å². The molecule has 2 aromatic carbocycles. The third kappa shape index (κ3) is 3.92. The van der Waals surface area contributed by atoms with Crippen molar-refractivity contribution in [3.63, 3.8) is 0 Å². The molecule has 5 heteroatoms. The van der Waals surface area contributed by atoms with Gasteiger partial charge in [-0.3, -0.25) is 9.59 Å². The van der Waals surface area contributed by atoms with Gasteiger partial charge >= 0.3 is 0 Å². The summed E-state index contributed by atoms with van der Waals surface area (Å²) >= 11 is 0. The number of fused-ring (bicyclic) bond motifs is 2. The predicted octanol–water partition coefficient (Wildman–Crippen LogP) is 2.87. The van der Waals surface area contributed by atoms with E-state index in [0.29, 0.717) is 36.0 Å². The Hall–Kier alpha value is -2.95. The summed E-state index contributed by atoms with van der Waals surface area (Å²) in [5, 5.41) is 0.599. The van der Waals surface area contributed by atoms with Gasteiger partial charge in [0, 0.05) is 25.9 Å². The van der Waals surface area contributed by atoms with Gasteiger partial charge in [-0.05, 0) is 42.5 Å². The molecule has 2 heterocycles. The van der Waals surface area contributed by atoms with Crippen LogP contribution in [0.15, 0.2) is 53.3 Å². The van der Waals surface area contributed by atoms with Gasteiger partial charge in [-0.2, -0.15) is 0 Å². The first kappa shape index (κ1) is 17.5. The topological polar surface area (TPSA) is 66.1 Å². The standard InChI is InChI=1S/C22H23N3O2/c26-21(25-14-12-16-6-1-2-7-17(16)13-15-25)11-5-10-20-23-19-9-4-3-8-18(19)22(27)24-20/h1-4,6-9H,5,10-15H2,(H,23,24,27). The van der Waals surface area contributed by atoms with Gasteiger partial charge in [0.2, 0.25) is 5.91 Å². The Bertz CT molecular complexity index is 998. The fourth-order valence-corrected chi connectivity index (χ4v) is 3.74. The van der Waals surface area contributed by atoms with E-state index in [1.807, 2.05) is 23.1 Å². The lowest BCUT2D eigenvalue weighted by atomic mass is 10.0. The maximum Gasteiger partial charge on any atom is 0.258 e. The van der Waals surface area contributed by atoms with Crippen molar-refractivity contribution >= 4 is 16.8 Å². The van der Waals surface area contributed by atoms with Crippen molar-refractivity contribution in [2.45, 2.75) is 32.1 Å². The Kier molecular flexibility index (Phi) is 5.01. The Morgan fingerprint density at radius 1 is 1.00 bits per heavy atom. The van der Waals surface area contributed by atoms with Crippen molar-refractivity contribution in [3.05, 3.63) is 75.8 Å². The lowest BCUT2D eigenvalue weighted by molar-refractivity contribution is -0.131. The SMILES string of the molecule is O=C(CCCc1nc2ccccc2c(=O)[nH]1)N1CCc2ccccc2CC1. The molecule has 0 radical (unpaired) electrons. The van der Waals surface area contributed by atoms with Crippen molar-refractivity contribution in [3.8, 4) is 0 Å². The zero-order valence-corrected chi connectivity index (χ0v) is 15.3. The van der Waals surface area contributed by atoms with Crippen LogP contribution in [0.4, 0.5) is 0 Å². The molecule has 1 aliphatic heterocycles. The number of aromatic nitrogens is 2. The average molecular weight is 361 g/mol. The maximum atomic E-state index is 12.6. The predicted molar refractivity (Wildman–Crippen MR) is 106 cm³/mol. The third-order valence-electron chi connectivity index (χ3n) is 5.24. The molecule has 0 atom stereocenters. The van der Waals surface area contributed by atoms with E-state index in [4.69, 9.17) is 0 Å². The van der Waals surface area contributed by atoms with E-state index in [2.05, 4.69) is 34.2 Å². The molecule has 0 saturated carbocycles. The molecule has 0 spiro atoms. The molecule has 0 fully saturated rings. The molecular formula is C22H23N3O2. The number of hydrogen-bond donors (Lipinski definition) is 1. The summed E-state index contributed by atoms with van der Waals surface area (Å²) in [4.78, 5) is 34.0. The quantitative estimate of drug-likeness (QED) is 0.777. The number of amides is 1. The number of aryl methyl sites for hydroxylation is 1. The number of carbonyl (C=O) groups excluding carboxylic acids is 1. The molecule has 1 N–H and O–H groups in total. The Labute approximate surface area is 158 Å². The largest absolute Gasteiger partial charge is 0.342 e. The number of nitrogens with zero attached hydrogens (tertiary/aromatic N) is 2. The van der Waals surface area contributed by atoms with Crippen LogP contribution in [0.1, 0.15) is 29.8 Å². The normalized spacial score (nSPS) is 14.0. The highest BCUT2D eigenvalue weighted by Crippen LogP contribution is 2.16. The summed E-state index contributed by atoms with van der Waals surface area (Å²) < 4.78 is 0. The first-order chi connectivity index (χ1) is 13.2. The number of aromatic amines is 1. The first-order valence-electron chi connectivity index (χ1n) is 9.53. The Morgan fingerprint density at radius 2 is 1.67 bits per heavy atom. The third-order valence-corrected chi connectivity index (χ3v) is 5.24. The number of benzene rings is 2. The second-order valence-corrected chi connectivity index (χ2v) is 7.03. The van der Waals surface area contributed by atoms with E-state index in [-0.39, 0.29) is 11.5 Å². The molecule has 0 saturated heterocycles. The average Bonchev–Trinajstić information content (AvgIpc) is 2.91. The minimum atomic E-state index is -0.118. The highest BCUT2D eigenvalue weighted by Gasteiger charge is 2.18. The van der Waals surface area contributed by atoms with Crippen LogP contribution in [0.2, 0.25) is 0 Å². The van der Waals surface area contributed by atoms with Crippen molar-refractivity contribution in [1.82, 2.24) is 14.9 Å². The molecule has 0 aliphatic carbocycles. The lowest BCUT2D eigenvalue weighted by Crippen LogP contribution is -2.33. The van der Waals surface area contributed by atoms with Crippen LogP contribution < -0.4 is 5.56 Å². The van der Waals surface area contributed by atoms with Gasteiger partial charge in [0.15, 0.2) is 0 Å². The second-order valence-electron chi connectivity index (χ2n) is 7.03. The molecule has 1 aliphatic rings. The zero-order valence-electron chi connectivity index (χ0n) is 15.3. The monoisotopic (exact) mass is 361 g/mol. The van der Waals surface area contributed by atoms with Crippen molar-refractivity contribution < 1.29 is 4.79 Å². The summed E-state index contributed by atoms with van der Waals surface area (Å²) in [6.07, 6.45) is 3.60. The van der Waals surface area contributed by atoms with E-state index < -0.39 is 0 Å². The van der Waals surface area contributed by atoms with Gasteiger partial charge in [-0.25, -0.2) is 4.98 Å². The fourth-order valence-electron chi connectivity index (χ4n) is 3.74. The van der Waals surface area contributed by atoms with Gasteiger partial charge in [0.05, 0.1) is 10.9 Å². The number of H-pyrrole nitrogens is 1. The minimum Gasteiger partial charge on any atom is -0.342 e. The fraction of sp³-hybridized carbons (Fsp3) is 0.318. The molecule has 1 amide bonds. The molecule has 0 unspecified atom stereocenters. The molecule has 0 bridgehead atoms. The summed E-state index contributed by atoms with van der Waals surface area (Å²) in [5.41, 5.74) is 3.29. The van der Waals surface area contributed by atoms with Crippen LogP contribution in [0.25, 0.3) is 10.9 Å². The van der Waals surface area contributed by atoms with Gasteiger partial charge in [0.1, 0.15) is 5.82 Å². The first-order valence-corrected chi connectivity index (χ1v) is 9.53. The van der Waals surface area contributed by atoms with E-state index in [1.54, 1.807) is 6.07 Å². The van der Waals surface area contributed by atoms with Crippen molar-refractivity contribution in [2.75, 3.05) is 13.1 Å². The molecule has 5 nitrogen and oxygen atoms in total. The number of rotatable bonds is 4. The summed E-state index contributed by atoms with van der Waals surface area (Å²) in [6.45, 7) is 1.56. The maximum absolute atomic E-state index is 12.6. The summed E-state index contributed by atoms with van der Waals surface area (Å²) in [5.74, 6) is 0.834. The van der Waals surface area contributed by atoms with Crippen molar-refractivity contribution in [1.29, 1.82) is 0 Å². The molecule has 4 rings (SSSR count). The van der Waals surface area contributed by atoms with Gasteiger partial charge in [0.25, 0.3) is 5.56 Å². The van der Waals surface area contributed by atoms with E-state index in [9.17, 15) is 9.59 Å². The summed E-state index contributed by atoms with van der Waals surface area (Å²) in [7, 11) is 0. The highest BCUT2D eigenvalue weighted by atomic mass is 16.2. The minimum absolute atomic E-state index is 0.118. The van der Waals surface area contributed by atoms with Gasteiger partial charge < -0.3 is 9.88 Å². The molecule has 1 aromatic heterocycles. The number of carbonyl (C=O) groups is 1. The van der Waals surface area contributed by atoms with Gasteiger partial charge in [-0.1, -0.05) is 36.4 Å². The molecule has 138 valence electrons. The lowest BCUT2D eigenvalue weighted by Gasteiger charge is -2.20. The van der Waals surface area contributed by atoms with Crippen LogP contribution in [0, 0.1) is 0 Å². The number of nitrogens with one attached hydrogen (secondary N) is 1. The van der Waals surface area contributed by atoms with E-state index >= 15 is 0 Å². The molecule has 3 aromatic rings. The van der Waals surface area contributed by atoms with Crippen LogP contribution in [-0.2, 0) is 24.1 Å². The highest BCUT2D eigenvalue weighted by molar-refractivity contribution is 5.77. The Morgan fingerprint density at radius 3 is 2.41 bits per heavy atom. The van der Waals surface area contributed by atoms with E-state index in [0.717, 1.165) is 25.9 Å². The molecule has 27 heavy (non-hydrogen) atoms. The smallest absolute Gasteiger partial charge is 0.258 e.